The Balaban J connectivity index is 2.81. The van der Waals surface area contributed by atoms with E-state index >= 15 is 0 Å². The smallest absolute Gasteiger partial charge is 0.325 e. The molecule has 0 saturated heterocycles. The number of hydrogen-bond donors (Lipinski definition) is 0. The Morgan fingerprint density at radius 2 is 2.10 bits per heavy atom. The molecule has 0 aliphatic rings. The third-order valence-corrected chi connectivity index (χ3v) is 3.37. The van der Waals surface area contributed by atoms with Gasteiger partial charge in [-0.05, 0) is 19.1 Å². The van der Waals surface area contributed by atoms with Crippen LogP contribution in [0.2, 0.25) is 0 Å². The van der Waals surface area contributed by atoms with Gasteiger partial charge in [-0.2, -0.15) is 5.26 Å². The monoisotopic (exact) mass is 292 g/mol. The predicted molar refractivity (Wildman–Crippen MR) is 76.4 cm³/mol. The SMILES string of the molecule is CCOC(=O)CN(C)C(=O)c1ccccc1SCC#N. The third kappa shape index (κ3) is 4.59. The lowest BCUT2D eigenvalue weighted by Crippen LogP contribution is -2.33. The molecule has 0 bridgehead atoms. The van der Waals surface area contributed by atoms with Crippen LogP contribution in [-0.2, 0) is 9.53 Å². The molecule has 0 spiro atoms. The van der Waals surface area contributed by atoms with Crippen molar-refractivity contribution in [1.29, 1.82) is 5.26 Å². The molecular weight excluding hydrogens is 276 g/mol. The average molecular weight is 292 g/mol. The van der Waals surface area contributed by atoms with Gasteiger partial charge in [0.2, 0.25) is 0 Å². The number of esters is 1. The number of benzene rings is 1. The lowest BCUT2D eigenvalue weighted by Gasteiger charge is -2.17. The van der Waals surface area contributed by atoms with Gasteiger partial charge in [0.25, 0.3) is 5.91 Å². The molecule has 0 radical (unpaired) electrons. The summed E-state index contributed by atoms with van der Waals surface area (Å²) >= 11 is 1.30. The number of rotatable bonds is 6. The maximum Gasteiger partial charge on any atom is 0.325 e. The molecule has 0 saturated carbocycles. The van der Waals surface area contributed by atoms with Gasteiger partial charge in [-0.1, -0.05) is 12.1 Å². The van der Waals surface area contributed by atoms with Gasteiger partial charge in [0, 0.05) is 11.9 Å². The van der Waals surface area contributed by atoms with Crippen LogP contribution in [-0.4, -0.2) is 42.7 Å². The van der Waals surface area contributed by atoms with Gasteiger partial charge in [-0.15, -0.1) is 11.8 Å². The van der Waals surface area contributed by atoms with E-state index in [0.29, 0.717) is 5.56 Å². The molecule has 5 nitrogen and oxygen atoms in total. The van der Waals surface area contributed by atoms with E-state index in [4.69, 9.17) is 10.00 Å². The molecule has 6 heteroatoms. The molecule has 0 aliphatic heterocycles. The number of hydrogen-bond acceptors (Lipinski definition) is 5. The first-order valence-electron chi connectivity index (χ1n) is 6.10. The summed E-state index contributed by atoms with van der Waals surface area (Å²) in [5, 5.41) is 8.62. The van der Waals surface area contributed by atoms with Crippen molar-refractivity contribution in [3.63, 3.8) is 0 Å². The van der Waals surface area contributed by atoms with E-state index in [2.05, 4.69) is 0 Å². The number of carbonyl (C=O) groups is 2. The standard InChI is InChI=1S/C14H16N2O3S/c1-3-19-13(17)10-16(2)14(18)11-6-4-5-7-12(11)20-9-8-15/h4-7H,3,9-10H2,1-2H3. The van der Waals surface area contributed by atoms with Crippen molar-refractivity contribution in [3.8, 4) is 6.07 Å². The van der Waals surface area contributed by atoms with Crippen LogP contribution in [0.15, 0.2) is 29.2 Å². The fraction of sp³-hybridized carbons (Fsp3) is 0.357. The van der Waals surface area contributed by atoms with Gasteiger partial charge >= 0.3 is 5.97 Å². The largest absolute Gasteiger partial charge is 0.465 e. The van der Waals surface area contributed by atoms with Crippen LogP contribution in [0.5, 0.6) is 0 Å². The fourth-order valence-electron chi connectivity index (χ4n) is 1.56. The molecule has 1 aromatic carbocycles. The molecule has 0 fully saturated rings. The zero-order valence-electron chi connectivity index (χ0n) is 11.5. The molecule has 20 heavy (non-hydrogen) atoms. The minimum atomic E-state index is -0.439. The topological polar surface area (TPSA) is 70.4 Å². The lowest BCUT2D eigenvalue weighted by atomic mass is 10.2. The number of amides is 1. The van der Waals surface area contributed by atoms with Crippen molar-refractivity contribution in [2.45, 2.75) is 11.8 Å². The number of thioether (sulfide) groups is 1. The minimum Gasteiger partial charge on any atom is -0.465 e. The van der Waals surface area contributed by atoms with Crippen LogP contribution < -0.4 is 0 Å². The molecule has 1 rings (SSSR count). The molecule has 1 aromatic rings. The predicted octanol–water partition coefficient (Wildman–Crippen LogP) is 1.94. The number of nitriles is 1. The Kier molecular flexibility index (Phi) is 6.60. The van der Waals surface area contributed by atoms with Gasteiger partial charge in [0.1, 0.15) is 6.54 Å². The summed E-state index contributed by atoms with van der Waals surface area (Å²) in [6.45, 7) is 1.91. The molecule has 0 unspecified atom stereocenters. The van der Waals surface area contributed by atoms with Gasteiger partial charge < -0.3 is 9.64 Å². The van der Waals surface area contributed by atoms with E-state index in [1.807, 2.05) is 12.1 Å². The third-order valence-electron chi connectivity index (χ3n) is 2.43. The quantitative estimate of drug-likeness (QED) is 0.592. The van der Waals surface area contributed by atoms with Gasteiger partial charge in [0.15, 0.2) is 0 Å². The van der Waals surface area contributed by atoms with Crippen molar-refractivity contribution in [2.75, 3.05) is 26.0 Å². The van der Waals surface area contributed by atoms with Crippen LogP contribution >= 0.6 is 11.8 Å². The second-order valence-electron chi connectivity index (χ2n) is 3.91. The maximum absolute atomic E-state index is 12.3. The summed E-state index contributed by atoms with van der Waals surface area (Å²) in [5.74, 6) is -0.434. The van der Waals surface area contributed by atoms with Crippen molar-refractivity contribution < 1.29 is 14.3 Å². The van der Waals surface area contributed by atoms with Crippen molar-refractivity contribution in [3.05, 3.63) is 29.8 Å². The Morgan fingerprint density at radius 1 is 1.40 bits per heavy atom. The Labute approximate surface area is 122 Å². The summed E-state index contributed by atoms with van der Waals surface area (Å²) in [7, 11) is 1.55. The highest BCUT2D eigenvalue weighted by atomic mass is 32.2. The zero-order chi connectivity index (χ0) is 15.0. The highest BCUT2D eigenvalue weighted by Crippen LogP contribution is 2.23. The molecule has 0 N–H and O–H groups in total. The molecule has 0 aliphatic carbocycles. The van der Waals surface area contributed by atoms with Crippen LogP contribution in [0.25, 0.3) is 0 Å². The summed E-state index contributed by atoms with van der Waals surface area (Å²) in [6, 6.07) is 9.05. The molecule has 0 aromatic heterocycles. The number of likely N-dealkylation sites (N-methyl/N-ethyl adjacent to an activating group) is 1. The Bertz CT molecular complexity index is 525. The van der Waals surface area contributed by atoms with Crippen LogP contribution in [0.3, 0.4) is 0 Å². The number of ether oxygens (including phenoxy) is 1. The summed E-state index contributed by atoms with van der Waals surface area (Å²) in [4.78, 5) is 25.7. The van der Waals surface area contributed by atoms with Gasteiger partial charge in [-0.25, -0.2) is 0 Å². The first-order valence-corrected chi connectivity index (χ1v) is 7.08. The van der Waals surface area contributed by atoms with E-state index in [0.717, 1.165) is 4.90 Å². The first kappa shape index (κ1) is 16.1. The summed E-state index contributed by atoms with van der Waals surface area (Å²) in [6.07, 6.45) is 0. The van der Waals surface area contributed by atoms with E-state index in [-0.39, 0.29) is 24.8 Å². The normalized spacial score (nSPS) is 9.65. The molecular formula is C14H16N2O3S. The van der Waals surface area contributed by atoms with Crippen LogP contribution in [0.1, 0.15) is 17.3 Å². The highest BCUT2D eigenvalue weighted by molar-refractivity contribution is 7.99. The maximum atomic E-state index is 12.3. The Morgan fingerprint density at radius 3 is 2.75 bits per heavy atom. The molecule has 0 heterocycles. The van der Waals surface area contributed by atoms with Crippen LogP contribution in [0.4, 0.5) is 0 Å². The van der Waals surface area contributed by atoms with Crippen molar-refractivity contribution >= 4 is 23.6 Å². The average Bonchev–Trinajstić information content (AvgIpc) is 2.44. The van der Waals surface area contributed by atoms with Crippen molar-refractivity contribution in [2.24, 2.45) is 0 Å². The fourth-order valence-corrected chi connectivity index (χ4v) is 2.26. The molecule has 0 atom stereocenters. The lowest BCUT2D eigenvalue weighted by molar-refractivity contribution is -0.143. The minimum absolute atomic E-state index is 0.0933. The van der Waals surface area contributed by atoms with Gasteiger partial charge in [0.05, 0.1) is 24.0 Å². The summed E-state index contributed by atoms with van der Waals surface area (Å²) < 4.78 is 4.81. The van der Waals surface area contributed by atoms with E-state index in [1.165, 1.54) is 16.7 Å². The number of nitrogens with zero attached hydrogens (tertiary/aromatic N) is 2. The van der Waals surface area contributed by atoms with E-state index < -0.39 is 5.97 Å². The molecule has 1 amide bonds. The second kappa shape index (κ2) is 8.23. The Hall–Kier alpha value is -2.00. The van der Waals surface area contributed by atoms with E-state index in [9.17, 15) is 9.59 Å². The number of carbonyl (C=O) groups excluding carboxylic acids is 2. The van der Waals surface area contributed by atoms with E-state index in [1.54, 1.807) is 32.2 Å². The van der Waals surface area contributed by atoms with Crippen molar-refractivity contribution in [1.82, 2.24) is 4.90 Å². The molecule has 106 valence electrons. The first-order chi connectivity index (χ1) is 9.60. The second-order valence-corrected chi connectivity index (χ2v) is 4.93. The zero-order valence-corrected chi connectivity index (χ0v) is 12.3. The summed E-state index contributed by atoms with van der Waals surface area (Å²) in [5.41, 5.74) is 0.486. The van der Waals surface area contributed by atoms with Gasteiger partial charge in [-0.3, -0.25) is 9.59 Å². The highest BCUT2D eigenvalue weighted by Gasteiger charge is 2.18. The van der Waals surface area contributed by atoms with Crippen LogP contribution in [0, 0.1) is 11.3 Å².